The van der Waals surface area contributed by atoms with E-state index in [9.17, 15) is 4.79 Å². The number of nitrogens with one attached hydrogen (secondary N) is 2. The Kier molecular flexibility index (Phi) is 5.25. The summed E-state index contributed by atoms with van der Waals surface area (Å²) >= 11 is 0. The predicted octanol–water partition coefficient (Wildman–Crippen LogP) is 3.06. The molecule has 0 aliphatic carbocycles. The number of ether oxygens (including phenoxy) is 2. The van der Waals surface area contributed by atoms with Crippen molar-refractivity contribution in [2.75, 3.05) is 31.4 Å². The number of hydrogen-bond donors (Lipinski definition) is 2. The molecule has 0 saturated heterocycles. The number of carbonyl (C=O) groups is 1. The maximum Gasteiger partial charge on any atom is 0.243 e. The fraction of sp³-hybridized carbons (Fsp3) is 0.235. The van der Waals surface area contributed by atoms with E-state index in [2.05, 4.69) is 10.6 Å². The van der Waals surface area contributed by atoms with E-state index in [1.165, 1.54) is 0 Å². The van der Waals surface area contributed by atoms with Gasteiger partial charge in [0.2, 0.25) is 5.91 Å². The molecule has 2 aromatic carbocycles. The maximum absolute atomic E-state index is 12.1. The Labute approximate surface area is 130 Å². The highest BCUT2D eigenvalue weighted by Gasteiger charge is 2.09. The molecule has 0 unspecified atom stereocenters. The Morgan fingerprint density at radius 2 is 1.82 bits per heavy atom. The third-order valence-electron chi connectivity index (χ3n) is 3.27. The number of amides is 1. The van der Waals surface area contributed by atoms with Gasteiger partial charge in [0.1, 0.15) is 11.5 Å². The smallest absolute Gasteiger partial charge is 0.243 e. The standard InChI is InChI=1S/C17H20N2O3/c1-12-6-4-5-7-14(12)18-11-17(20)19-15-10-13(21-2)8-9-16(15)22-3/h4-10,18H,11H2,1-3H3,(H,19,20). The van der Waals surface area contributed by atoms with Crippen LogP contribution in [0.4, 0.5) is 11.4 Å². The molecule has 0 aromatic heterocycles. The van der Waals surface area contributed by atoms with E-state index >= 15 is 0 Å². The van der Waals surface area contributed by atoms with Gasteiger partial charge in [0.15, 0.2) is 0 Å². The predicted molar refractivity (Wildman–Crippen MR) is 87.8 cm³/mol. The molecular formula is C17H20N2O3. The highest BCUT2D eigenvalue weighted by atomic mass is 16.5. The van der Waals surface area contributed by atoms with E-state index in [0.29, 0.717) is 17.2 Å². The summed E-state index contributed by atoms with van der Waals surface area (Å²) in [5.41, 5.74) is 2.61. The molecule has 0 fully saturated rings. The summed E-state index contributed by atoms with van der Waals surface area (Å²) < 4.78 is 10.4. The van der Waals surface area contributed by atoms with Gasteiger partial charge in [-0.1, -0.05) is 18.2 Å². The fourth-order valence-corrected chi connectivity index (χ4v) is 2.05. The quantitative estimate of drug-likeness (QED) is 0.861. The molecule has 0 saturated carbocycles. The van der Waals surface area contributed by atoms with Crippen molar-refractivity contribution in [1.82, 2.24) is 0 Å². The highest BCUT2D eigenvalue weighted by Crippen LogP contribution is 2.28. The lowest BCUT2D eigenvalue weighted by molar-refractivity contribution is -0.114. The zero-order valence-corrected chi connectivity index (χ0v) is 13.0. The largest absolute Gasteiger partial charge is 0.497 e. The first-order chi connectivity index (χ1) is 10.6. The van der Waals surface area contributed by atoms with Gasteiger partial charge in [-0.3, -0.25) is 4.79 Å². The molecule has 2 N–H and O–H groups in total. The van der Waals surface area contributed by atoms with Gasteiger partial charge in [-0.15, -0.1) is 0 Å². The van der Waals surface area contributed by atoms with Gasteiger partial charge in [0.25, 0.3) is 0 Å². The lowest BCUT2D eigenvalue weighted by Gasteiger charge is -2.13. The third kappa shape index (κ3) is 3.91. The van der Waals surface area contributed by atoms with E-state index in [1.54, 1.807) is 32.4 Å². The van der Waals surface area contributed by atoms with Gasteiger partial charge in [0.05, 0.1) is 26.5 Å². The summed E-state index contributed by atoms with van der Waals surface area (Å²) in [6.07, 6.45) is 0. The summed E-state index contributed by atoms with van der Waals surface area (Å²) in [4.78, 5) is 12.1. The Morgan fingerprint density at radius 1 is 1.05 bits per heavy atom. The van der Waals surface area contributed by atoms with Crippen molar-refractivity contribution in [3.8, 4) is 11.5 Å². The Hall–Kier alpha value is -2.69. The third-order valence-corrected chi connectivity index (χ3v) is 3.27. The first-order valence-electron chi connectivity index (χ1n) is 6.95. The average molecular weight is 300 g/mol. The van der Waals surface area contributed by atoms with Crippen LogP contribution in [0.1, 0.15) is 5.56 Å². The van der Waals surface area contributed by atoms with Crippen LogP contribution in [0.3, 0.4) is 0 Å². The molecular weight excluding hydrogens is 280 g/mol. The van der Waals surface area contributed by atoms with E-state index < -0.39 is 0 Å². The number of hydrogen-bond acceptors (Lipinski definition) is 4. The molecule has 0 bridgehead atoms. The molecule has 0 aliphatic rings. The fourth-order valence-electron chi connectivity index (χ4n) is 2.05. The van der Waals surface area contributed by atoms with E-state index in [-0.39, 0.29) is 12.5 Å². The zero-order valence-electron chi connectivity index (χ0n) is 13.0. The van der Waals surface area contributed by atoms with Crippen molar-refractivity contribution in [2.24, 2.45) is 0 Å². The lowest BCUT2D eigenvalue weighted by Crippen LogP contribution is -2.22. The molecule has 0 aliphatic heterocycles. The van der Waals surface area contributed by atoms with Gasteiger partial charge in [0, 0.05) is 11.8 Å². The number of para-hydroxylation sites is 1. The normalized spacial score (nSPS) is 9.95. The highest BCUT2D eigenvalue weighted by molar-refractivity contribution is 5.95. The molecule has 2 aromatic rings. The van der Waals surface area contributed by atoms with E-state index in [4.69, 9.17) is 9.47 Å². The van der Waals surface area contributed by atoms with Crippen LogP contribution in [-0.2, 0) is 4.79 Å². The number of carbonyl (C=O) groups excluding carboxylic acids is 1. The van der Waals surface area contributed by atoms with E-state index in [0.717, 1.165) is 11.3 Å². The van der Waals surface area contributed by atoms with Crippen LogP contribution in [0.5, 0.6) is 11.5 Å². The maximum atomic E-state index is 12.1. The van der Waals surface area contributed by atoms with Crippen molar-refractivity contribution in [3.63, 3.8) is 0 Å². The summed E-state index contributed by atoms with van der Waals surface area (Å²) in [7, 11) is 3.14. The number of anilines is 2. The molecule has 5 heteroatoms. The van der Waals surface area contributed by atoms with Crippen molar-refractivity contribution >= 4 is 17.3 Å². The van der Waals surface area contributed by atoms with Crippen LogP contribution >= 0.6 is 0 Å². The van der Waals surface area contributed by atoms with Crippen molar-refractivity contribution < 1.29 is 14.3 Å². The molecule has 1 amide bonds. The second-order valence-corrected chi connectivity index (χ2v) is 4.78. The molecule has 0 atom stereocenters. The minimum absolute atomic E-state index is 0.158. The van der Waals surface area contributed by atoms with Gasteiger partial charge >= 0.3 is 0 Å². The van der Waals surface area contributed by atoms with Crippen LogP contribution in [0.15, 0.2) is 42.5 Å². The Morgan fingerprint density at radius 3 is 2.50 bits per heavy atom. The van der Waals surface area contributed by atoms with Crippen LogP contribution in [0.25, 0.3) is 0 Å². The second-order valence-electron chi connectivity index (χ2n) is 4.78. The van der Waals surface area contributed by atoms with Gasteiger partial charge in [-0.25, -0.2) is 0 Å². The zero-order chi connectivity index (χ0) is 15.9. The number of aryl methyl sites for hydroxylation is 1. The molecule has 2 rings (SSSR count). The summed E-state index contributed by atoms with van der Waals surface area (Å²) in [5, 5.41) is 5.93. The topological polar surface area (TPSA) is 59.6 Å². The number of benzene rings is 2. The number of methoxy groups -OCH3 is 2. The van der Waals surface area contributed by atoms with E-state index in [1.807, 2.05) is 31.2 Å². The second kappa shape index (κ2) is 7.36. The van der Waals surface area contributed by atoms with Crippen molar-refractivity contribution in [3.05, 3.63) is 48.0 Å². The molecule has 116 valence electrons. The molecule has 5 nitrogen and oxygen atoms in total. The minimum Gasteiger partial charge on any atom is -0.497 e. The van der Waals surface area contributed by atoms with Gasteiger partial charge < -0.3 is 20.1 Å². The first kappa shape index (κ1) is 15.7. The van der Waals surface area contributed by atoms with Gasteiger partial charge in [-0.2, -0.15) is 0 Å². The molecule has 22 heavy (non-hydrogen) atoms. The SMILES string of the molecule is COc1ccc(OC)c(NC(=O)CNc2ccccc2C)c1. The Bertz CT molecular complexity index is 656. The monoisotopic (exact) mass is 300 g/mol. The average Bonchev–Trinajstić information content (AvgIpc) is 2.54. The van der Waals surface area contributed by atoms with Gasteiger partial charge in [-0.05, 0) is 30.7 Å². The summed E-state index contributed by atoms with van der Waals surface area (Å²) in [6, 6.07) is 13.1. The summed E-state index contributed by atoms with van der Waals surface area (Å²) in [6.45, 7) is 2.16. The minimum atomic E-state index is -0.158. The summed E-state index contributed by atoms with van der Waals surface area (Å²) in [5.74, 6) is 1.09. The molecule has 0 heterocycles. The van der Waals surface area contributed by atoms with Crippen LogP contribution in [0.2, 0.25) is 0 Å². The van der Waals surface area contributed by atoms with Crippen molar-refractivity contribution in [2.45, 2.75) is 6.92 Å². The molecule has 0 spiro atoms. The van der Waals surface area contributed by atoms with Crippen molar-refractivity contribution in [1.29, 1.82) is 0 Å². The van der Waals surface area contributed by atoms with Crippen LogP contribution in [-0.4, -0.2) is 26.7 Å². The van der Waals surface area contributed by atoms with Crippen LogP contribution < -0.4 is 20.1 Å². The first-order valence-corrected chi connectivity index (χ1v) is 6.95. The Balaban J connectivity index is 2.01. The lowest BCUT2D eigenvalue weighted by atomic mass is 10.2. The number of rotatable bonds is 6. The molecule has 0 radical (unpaired) electrons. The van der Waals surface area contributed by atoms with Crippen LogP contribution in [0, 0.1) is 6.92 Å².